The average Bonchev–Trinajstić information content (AvgIpc) is 2.73. The third-order valence-electron chi connectivity index (χ3n) is 4.35. The number of ether oxygens (including phenoxy) is 4. The number of hydrogen-bond acceptors (Lipinski definition) is 9. The lowest BCUT2D eigenvalue weighted by molar-refractivity contribution is -0.135. The van der Waals surface area contributed by atoms with E-state index in [1.807, 2.05) is 0 Å². The summed E-state index contributed by atoms with van der Waals surface area (Å²) >= 11 is 0. The summed E-state index contributed by atoms with van der Waals surface area (Å²) in [6, 6.07) is 6.56. The minimum atomic E-state index is -0.810. The van der Waals surface area contributed by atoms with Crippen molar-refractivity contribution in [3.63, 3.8) is 0 Å². The maximum absolute atomic E-state index is 12.9. The Hall–Kier alpha value is -3.72. The lowest BCUT2D eigenvalue weighted by atomic mass is 10.1. The molecule has 0 aliphatic heterocycles. The number of methoxy groups -OCH3 is 3. The highest BCUT2D eigenvalue weighted by Crippen LogP contribution is 2.39. The molecule has 0 aliphatic rings. The number of phenolic OH excluding ortho intramolecular Hbond substituents is 1. The van der Waals surface area contributed by atoms with Crippen LogP contribution in [0.2, 0.25) is 0 Å². The SMILES string of the molecule is COc1cc(O)c2c(=O)c(OC)c(-c3ccc(OC(=O)[C@H](C)N)c(OC)c3)oc2c1. The predicted octanol–water partition coefficient (Wildman–Crippen LogP) is 2.44. The molecule has 0 radical (unpaired) electrons. The van der Waals surface area contributed by atoms with E-state index in [4.69, 9.17) is 29.1 Å². The topological polar surface area (TPSA) is 130 Å². The minimum absolute atomic E-state index is 0.0363. The third-order valence-corrected chi connectivity index (χ3v) is 4.35. The molecule has 0 bridgehead atoms. The highest BCUT2D eigenvalue weighted by atomic mass is 16.6. The Morgan fingerprint density at radius 2 is 1.80 bits per heavy atom. The van der Waals surface area contributed by atoms with Gasteiger partial charge in [-0.05, 0) is 25.1 Å². The lowest BCUT2D eigenvalue weighted by Crippen LogP contribution is -2.30. The van der Waals surface area contributed by atoms with Crippen LogP contribution in [0.1, 0.15) is 6.92 Å². The summed E-state index contributed by atoms with van der Waals surface area (Å²) in [5.41, 5.74) is 5.50. The minimum Gasteiger partial charge on any atom is -0.507 e. The first-order valence-corrected chi connectivity index (χ1v) is 8.88. The molecular formula is C21H21NO8. The van der Waals surface area contributed by atoms with Crippen LogP contribution in [-0.4, -0.2) is 38.4 Å². The Kier molecular flexibility index (Phi) is 5.84. The van der Waals surface area contributed by atoms with Gasteiger partial charge in [0.05, 0.1) is 21.3 Å². The number of carbonyl (C=O) groups excluding carboxylic acids is 1. The number of hydrogen-bond donors (Lipinski definition) is 2. The molecule has 9 nitrogen and oxygen atoms in total. The van der Waals surface area contributed by atoms with E-state index < -0.39 is 17.4 Å². The average molecular weight is 415 g/mol. The van der Waals surface area contributed by atoms with Crippen molar-refractivity contribution in [3.05, 3.63) is 40.6 Å². The number of benzene rings is 2. The first-order valence-electron chi connectivity index (χ1n) is 8.88. The van der Waals surface area contributed by atoms with E-state index >= 15 is 0 Å². The van der Waals surface area contributed by atoms with E-state index in [-0.39, 0.29) is 39.7 Å². The molecule has 3 rings (SSSR count). The monoisotopic (exact) mass is 415 g/mol. The summed E-state index contributed by atoms with van der Waals surface area (Å²) < 4.78 is 26.8. The van der Waals surface area contributed by atoms with Crippen molar-refractivity contribution in [1.82, 2.24) is 0 Å². The van der Waals surface area contributed by atoms with Gasteiger partial charge < -0.3 is 34.2 Å². The molecule has 0 saturated heterocycles. The van der Waals surface area contributed by atoms with Crippen molar-refractivity contribution in [2.45, 2.75) is 13.0 Å². The first-order chi connectivity index (χ1) is 14.3. The Morgan fingerprint density at radius 3 is 2.40 bits per heavy atom. The Balaban J connectivity index is 2.20. The molecule has 0 spiro atoms. The summed E-state index contributed by atoms with van der Waals surface area (Å²) in [6.07, 6.45) is 0. The van der Waals surface area contributed by atoms with Gasteiger partial charge in [0.2, 0.25) is 11.2 Å². The zero-order valence-corrected chi connectivity index (χ0v) is 16.8. The van der Waals surface area contributed by atoms with Gasteiger partial charge in [-0.2, -0.15) is 0 Å². The number of carbonyl (C=O) groups is 1. The van der Waals surface area contributed by atoms with Gasteiger partial charge in [0, 0.05) is 17.7 Å². The zero-order valence-electron chi connectivity index (χ0n) is 16.8. The largest absolute Gasteiger partial charge is 0.507 e. The van der Waals surface area contributed by atoms with E-state index in [9.17, 15) is 14.7 Å². The van der Waals surface area contributed by atoms with E-state index in [2.05, 4.69) is 0 Å². The van der Waals surface area contributed by atoms with Crippen molar-refractivity contribution in [3.8, 4) is 40.1 Å². The van der Waals surface area contributed by atoms with Gasteiger partial charge >= 0.3 is 5.97 Å². The highest BCUT2D eigenvalue weighted by molar-refractivity contribution is 5.88. The number of esters is 1. The molecule has 3 N–H and O–H groups in total. The molecule has 0 saturated carbocycles. The molecule has 30 heavy (non-hydrogen) atoms. The number of phenols is 1. The van der Waals surface area contributed by atoms with Crippen molar-refractivity contribution in [2.75, 3.05) is 21.3 Å². The molecule has 3 aromatic rings. The fourth-order valence-electron chi connectivity index (χ4n) is 2.85. The van der Waals surface area contributed by atoms with Crippen LogP contribution in [0.3, 0.4) is 0 Å². The van der Waals surface area contributed by atoms with Gasteiger partial charge in [-0.3, -0.25) is 4.79 Å². The van der Waals surface area contributed by atoms with Crippen molar-refractivity contribution < 1.29 is 33.3 Å². The van der Waals surface area contributed by atoms with Crippen LogP contribution in [-0.2, 0) is 4.79 Å². The van der Waals surface area contributed by atoms with Crippen LogP contribution in [0.5, 0.6) is 28.7 Å². The normalized spacial score (nSPS) is 11.8. The lowest BCUT2D eigenvalue weighted by Gasteiger charge is -2.14. The van der Waals surface area contributed by atoms with Gasteiger partial charge in [0.15, 0.2) is 17.3 Å². The van der Waals surface area contributed by atoms with Gasteiger partial charge in [-0.15, -0.1) is 0 Å². The fourth-order valence-corrected chi connectivity index (χ4v) is 2.85. The highest BCUT2D eigenvalue weighted by Gasteiger charge is 2.22. The molecule has 0 unspecified atom stereocenters. The predicted molar refractivity (Wildman–Crippen MR) is 109 cm³/mol. The number of rotatable bonds is 6. The van der Waals surface area contributed by atoms with Crippen molar-refractivity contribution in [2.24, 2.45) is 5.73 Å². The maximum Gasteiger partial charge on any atom is 0.328 e. The smallest absolute Gasteiger partial charge is 0.328 e. The number of fused-ring (bicyclic) bond motifs is 1. The van der Waals surface area contributed by atoms with Crippen LogP contribution in [0.25, 0.3) is 22.3 Å². The second-order valence-electron chi connectivity index (χ2n) is 6.39. The standard InChI is InChI=1S/C21H21NO8/c1-10(22)21(25)30-14-6-5-11(7-15(14)27-3)19-20(28-4)18(24)17-13(23)8-12(26-2)9-16(17)29-19/h5-10,23H,22H2,1-4H3/t10-/m0/s1. The zero-order chi connectivity index (χ0) is 22.0. The molecule has 0 fully saturated rings. The van der Waals surface area contributed by atoms with Crippen molar-refractivity contribution >= 4 is 16.9 Å². The summed E-state index contributed by atoms with van der Waals surface area (Å²) in [5, 5.41) is 10.2. The molecular weight excluding hydrogens is 394 g/mol. The van der Waals surface area contributed by atoms with Gasteiger partial charge in [-0.1, -0.05) is 0 Å². The summed E-state index contributed by atoms with van der Waals surface area (Å²) in [5.74, 6) is -0.228. The molecule has 2 aromatic carbocycles. The molecule has 0 aliphatic carbocycles. The Bertz CT molecular complexity index is 1170. The van der Waals surface area contributed by atoms with Crippen LogP contribution < -0.4 is 30.1 Å². The van der Waals surface area contributed by atoms with Gasteiger partial charge in [0.25, 0.3) is 0 Å². The maximum atomic E-state index is 12.9. The molecule has 158 valence electrons. The summed E-state index contributed by atoms with van der Waals surface area (Å²) in [4.78, 5) is 24.7. The van der Waals surface area contributed by atoms with E-state index in [0.29, 0.717) is 11.3 Å². The number of aromatic hydroxyl groups is 1. The van der Waals surface area contributed by atoms with Gasteiger partial charge in [-0.25, -0.2) is 4.79 Å². The first kappa shape index (κ1) is 21.0. The third kappa shape index (κ3) is 3.74. The quantitative estimate of drug-likeness (QED) is 0.460. The van der Waals surface area contributed by atoms with Crippen molar-refractivity contribution in [1.29, 1.82) is 0 Å². The number of nitrogens with two attached hydrogens (primary N) is 1. The fraction of sp³-hybridized carbons (Fsp3) is 0.238. The second-order valence-corrected chi connectivity index (χ2v) is 6.39. The second kappa shape index (κ2) is 8.34. The molecule has 1 atom stereocenters. The van der Waals surface area contributed by atoms with E-state index in [0.717, 1.165) is 0 Å². The Morgan fingerprint density at radius 1 is 1.07 bits per heavy atom. The molecule has 9 heteroatoms. The molecule has 1 heterocycles. The Labute approximate surface area is 171 Å². The van der Waals surface area contributed by atoms with Crippen LogP contribution in [0.15, 0.2) is 39.5 Å². The molecule has 0 amide bonds. The van der Waals surface area contributed by atoms with E-state index in [1.54, 1.807) is 6.07 Å². The summed E-state index contributed by atoms with van der Waals surface area (Å²) in [6.45, 7) is 1.50. The van der Waals surface area contributed by atoms with Crippen LogP contribution in [0, 0.1) is 0 Å². The molecule has 1 aromatic heterocycles. The van der Waals surface area contributed by atoms with E-state index in [1.165, 1.54) is 52.5 Å². The summed E-state index contributed by atoms with van der Waals surface area (Å²) in [7, 11) is 4.15. The van der Waals surface area contributed by atoms with Gasteiger partial charge in [0.1, 0.15) is 28.5 Å². The van der Waals surface area contributed by atoms with Crippen LogP contribution in [0.4, 0.5) is 0 Å². The van der Waals surface area contributed by atoms with Crippen LogP contribution >= 0.6 is 0 Å².